The maximum absolute atomic E-state index is 11.2. The number of esters is 1. The molecule has 1 heterocycles. The van der Waals surface area contributed by atoms with Gasteiger partial charge in [0.2, 0.25) is 0 Å². The van der Waals surface area contributed by atoms with Gasteiger partial charge in [-0.25, -0.2) is 14.8 Å². The molecular weight excluding hydrogens is 266 g/mol. The largest absolute Gasteiger partial charge is 0.464 e. The third-order valence-electron chi connectivity index (χ3n) is 2.41. The number of hydrogen-bond donors (Lipinski definition) is 1. The van der Waals surface area contributed by atoms with E-state index in [9.17, 15) is 4.79 Å². The van der Waals surface area contributed by atoms with Crippen molar-refractivity contribution >= 4 is 23.4 Å². The van der Waals surface area contributed by atoms with Crippen LogP contribution in [0.2, 0.25) is 5.02 Å². The maximum atomic E-state index is 11.2. The summed E-state index contributed by atoms with van der Waals surface area (Å²) in [6.07, 6.45) is 2.85. The van der Waals surface area contributed by atoms with Gasteiger partial charge in [-0.2, -0.15) is 0 Å². The number of benzene rings is 1. The number of nitrogens with zero attached hydrogens (tertiary/aromatic N) is 2. The Morgan fingerprint density at radius 1 is 1.37 bits per heavy atom. The van der Waals surface area contributed by atoms with Crippen LogP contribution in [-0.2, 0) is 11.3 Å². The fraction of sp³-hybridized carbons (Fsp3) is 0.154. The fourth-order valence-electron chi connectivity index (χ4n) is 1.47. The minimum Gasteiger partial charge on any atom is -0.464 e. The van der Waals surface area contributed by atoms with E-state index in [0.29, 0.717) is 17.4 Å². The summed E-state index contributed by atoms with van der Waals surface area (Å²) in [7, 11) is 1.30. The molecule has 0 spiro atoms. The number of anilines is 1. The zero-order chi connectivity index (χ0) is 13.7. The number of ether oxygens (including phenoxy) is 1. The summed E-state index contributed by atoms with van der Waals surface area (Å²) < 4.78 is 4.54. The van der Waals surface area contributed by atoms with Crippen LogP contribution in [0.3, 0.4) is 0 Å². The molecule has 0 unspecified atom stereocenters. The normalized spacial score (nSPS) is 10.0. The first-order chi connectivity index (χ1) is 9.19. The van der Waals surface area contributed by atoms with E-state index in [4.69, 9.17) is 11.6 Å². The van der Waals surface area contributed by atoms with Crippen LogP contribution in [0.15, 0.2) is 36.7 Å². The van der Waals surface area contributed by atoms with Crippen molar-refractivity contribution in [1.82, 2.24) is 9.97 Å². The highest BCUT2D eigenvalue weighted by Gasteiger charge is 2.07. The molecule has 1 aromatic heterocycles. The predicted octanol–water partition coefficient (Wildman–Crippen LogP) is 2.53. The quantitative estimate of drug-likeness (QED) is 0.870. The zero-order valence-electron chi connectivity index (χ0n) is 10.3. The van der Waals surface area contributed by atoms with Crippen LogP contribution in [0.5, 0.6) is 0 Å². The summed E-state index contributed by atoms with van der Waals surface area (Å²) in [4.78, 5) is 19.2. The van der Waals surface area contributed by atoms with Crippen LogP contribution in [0.1, 0.15) is 16.1 Å². The molecule has 1 aromatic carbocycles. The smallest absolute Gasteiger partial charge is 0.358 e. The number of halogens is 1. The topological polar surface area (TPSA) is 64.1 Å². The maximum Gasteiger partial charge on any atom is 0.358 e. The summed E-state index contributed by atoms with van der Waals surface area (Å²) >= 11 is 5.89. The van der Waals surface area contributed by atoms with Crippen LogP contribution in [0, 0.1) is 0 Å². The number of carbonyl (C=O) groups is 1. The van der Waals surface area contributed by atoms with Gasteiger partial charge in [0.05, 0.1) is 19.5 Å². The lowest BCUT2D eigenvalue weighted by Crippen LogP contribution is -2.07. The Hall–Kier alpha value is -2.14. The second-order valence-electron chi connectivity index (χ2n) is 3.76. The Bertz CT molecular complexity index is 572. The van der Waals surface area contributed by atoms with E-state index in [1.165, 1.54) is 19.5 Å². The second kappa shape index (κ2) is 6.15. The van der Waals surface area contributed by atoms with Crippen molar-refractivity contribution in [2.24, 2.45) is 0 Å². The SMILES string of the molecule is COC(=O)c1cnc(NCc2cccc(Cl)c2)cn1. The van der Waals surface area contributed by atoms with E-state index < -0.39 is 5.97 Å². The molecule has 0 fully saturated rings. The molecule has 0 saturated heterocycles. The van der Waals surface area contributed by atoms with E-state index in [0.717, 1.165) is 5.56 Å². The fourth-order valence-corrected chi connectivity index (χ4v) is 1.68. The van der Waals surface area contributed by atoms with E-state index in [-0.39, 0.29) is 5.69 Å². The van der Waals surface area contributed by atoms with Gasteiger partial charge >= 0.3 is 5.97 Å². The molecule has 2 aromatic rings. The van der Waals surface area contributed by atoms with Crippen molar-refractivity contribution in [2.75, 3.05) is 12.4 Å². The lowest BCUT2D eigenvalue weighted by atomic mass is 10.2. The molecule has 5 nitrogen and oxygen atoms in total. The molecule has 1 N–H and O–H groups in total. The van der Waals surface area contributed by atoms with E-state index in [1.54, 1.807) is 0 Å². The van der Waals surface area contributed by atoms with Crippen molar-refractivity contribution < 1.29 is 9.53 Å². The van der Waals surface area contributed by atoms with Gasteiger partial charge in [-0.1, -0.05) is 23.7 Å². The number of carbonyl (C=O) groups excluding carboxylic acids is 1. The van der Waals surface area contributed by atoms with Crippen molar-refractivity contribution in [3.05, 3.63) is 52.9 Å². The Labute approximate surface area is 115 Å². The molecule has 0 aliphatic carbocycles. The van der Waals surface area contributed by atoms with Crippen LogP contribution >= 0.6 is 11.6 Å². The van der Waals surface area contributed by atoms with E-state index in [2.05, 4.69) is 20.0 Å². The molecule has 0 aliphatic rings. The molecule has 6 heteroatoms. The Morgan fingerprint density at radius 3 is 2.84 bits per heavy atom. The minimum absolute atomic E-state index is 0.177. The number of aromatic nitrogens is 2. The van der Waals surface area contributed by atoms with Gasteiger partial charge < -0.3 is 10.1 Å². The van der Waals surface area contributed by atoms with Crippen LogP contribution in [-0.4, -0.2) is 23.0 Å². The molecule has 0 bridgehead atoms. The first-order valence-corrected chi connectivity index (χ1v) is 5.95. The van der Waals surface area contributed by atoms with Crippen molar-refractivity contribution in [2.45, 2.75) is 6.54 Å². The highest BCUT2D eigenvalue weighted by molar-refractivity contribution is 6.30. The van der Waals surface area contributed by atoms with Gasteiger partial charge in [-0.05, 0) is 17.7 Å². The van der Waals surface area contributed by atoms with Crippen molar-refractivity contribution in [1.29, 1.82) is 0 Å². The molecule has 19 heavy (non-hydrogen) atoms. The summed E-state index contributed by atoms with van der Waals surface area (Å²) in [6.45, 7) is 0.576. The average molecular weight is 278 g/mol. The van der Waals surface area contributed by atoms with Crippen molar-refractivity contribution in [3.63, 3.8) is 0 Å². The highest BCUT2D eigenvalue weighted by Crippen LogP contribution is 2.12. The first-order valence-electron chi connectivity index (χ1n) is 5.57. The summed E-state index contributed by atoms with van der Waals surface area (Å²) in [6, 6.07) is 7.52. The molecular formula is C13H12ClN3O2. The van der Waals surface area contributed by atoms with Crippen LogP contribution in [0.4, 0.5) is 5.82 Å². The molecule has 2 rings (SSSR count). The molecule has 0 radical (unpaired) electrons. The lowest BCUT2D eigenvalue weighted by molar-refractivity contribution is 0.0593. The second-order valence-corrected chi connectivity index (χ2v) is 4.20. The Kier molecular flexibility index (Phi) is 4.30. The predicted molar refractivity (Wildman–Crippen MR) is 72.2 cm³/mol. The summed E-state index contributed by atoms with van der Waals surface area (Å²) in [5.74, 6) is 0.0709. The molecule has 0 amide bonds. The van der Waals surface area contributed by atoms with Gasteiger partial charge in [-0.3, -0.25) is 0 Å². The van der Waals surface area contributed by atoms with Gasteiger partial charge in [0.1, 0.15) is 5.82 Å². The van der Waals surface area contributed by atoms with Gasteiger partial charge in [0.15, 0.2) is 5.69 Å². The number of nitrogens with one attached hydrogen (secondary N) is 1. The Morgan fingerprint density at radius 2 is 2.21 bits per heavy atom. The summed E-state index contributed by atoms with van der Waals surface area (Å²) in [5.41, 5.74) is 1.21. The van der Waals surface area contributed by atoms with Gasteiger partial charge in [-0.15, -0.1) is 0 Å². The number of hydrogen-bond acceptors (Lipinski definition) is 5. The third kappa shape index (κ3) is 3.66. The van der Waals surface area contributed by atoms with Crippen molar-refractivity contribution in [3.8, 4) is 0 Å². The number of rotatable bonds is 4. The molecule has 0 saturated carbocycles. The average Bonchev–Trinajstić information content (AvgIpc) is 2.45. The minimum atomic E-state index is -0.506. The monoisotopic (exact) mass is 277 g/mol. The molecule has 0 aliphatic heterocycles. The summed E-state index contributed by atoms with van der Waals surface area (Å²) in [5, 5.41) is 3.77. The molecule has 0 atom stereocenters. The first kappa shape index (κ1) is 13.3. The van der Waals surface area contributed by atoms with Gasteiger partial charge in [0.25, 0.3) is 0 Å². The van der Waals surface area contributed by atoms with E-state index >= 15 is 0 Å². The third-order valence-corrected chi connectivity index (χ3v) is 2.64. The Balaban J connectivity index is 1.98. The lowest BCUT2D eigenvalue weighted by Gasteiger charge is -2.06. The molecule has 98 valence electrons. The standard InChI is InChI=1S/C13H12ClN3O2/c1-19-13(18)11-7-17-12(8-15-11)16-6-9-3-2-4-10(14)5-9/h2-5,7-8H,6H2,1H3,(H,16,17). The number of methoxy groups -OCH3 is 1. The van der Waals surface area contributed by atoms with Crippen LogP contribution < -0.4 is 5.32 Å². The van der Waals surface area contributed by atoms with Crippen LogP contribution in [0.25, 0.3) is 0 Å². The zero-order valence-corrected chi connectivity index (χ0v) is 11.0. The van der Waals surface area contributed by atoms with Gasteiger partial charge in [0, 0.05) is 11.6 Å². The highest BCUT2D eigenvalue weighted by atomic mass is 35.5. The van der Waals surface area contributed by atoms with E-state index in [1.807, 2.05) is 24.3 Å².